The third-order valence-corrected chi connectivity index (χ3v) is 8.34. The molecule has 0 saturated carbocycles. The van der Waals surface area contributed by atoms with Crippen LogP contribution in [0.1, 0.15) is 30.8 Å². The summed E-state index contributed by atoms with van der Waals surface area (Å²) in [6.45, 7) is 9.57. The third-order valence-electron chi connectivity index (χ3n) is 8.34. The molecule has 4 heterocycles. The third kappa shape index (κ3) is 7.25. The van der Waals surface area contributed by atoms with Gasteiger partial charge in [0.25, 0.3) is 0 Å². The van der Waals surface area contributed by atoms with Crippen LogP contribution < -0.4 is 15.4 Å². The average Bonchev–Trinajstić information content (AvgIpc) is 3.48. The van der Waals surface area contributed by atoms with E-state index >= 15 is 0 Å². The van der Waals surface area contributed by atoms with Crippen molar-refractivity contribution in [3.63, 3.8) is 0 Å². The molecule has 0 aliphatic carbocycles. The van der Waals surface area contributed by atoms with Gasteiger partial charge in [-0.15, -0.1) is 0 Å². The molecule has 3 aromatic heterocycles. The molecule has 2 aromatic carbocycles. The number of hydrogen-bond donors (Lipinski definition) is 2. The zero-order valence-corrected chi connectivity index (χ0v) is 27.0. The predicted octanol–water partition coefficient (Wildman–Crippen LogP) is 5.35. The molecule has 6 rings (SSSR count). The summed E-state index contributed by atoms with van der Waals surface area (Å²) < 4.78 is 7.87. The Hall–Kier alpha value is -5.31. The molecule has 240 valence electrons. The van der Waals surface area contributed by atoms with Crippen molar-refractivity contribution < 1.29 is 9.53 Å². The fourth-order valence-corrected chi connectivity index (χ4v) is 5.81. The summed E-state index contributed by atoms with van der Waals surface area (Å²) in [5.41, 5.74) is 5.64. The van der Waals surface area contributed by atoms with Gasteiger partial charge in [-0.3, -0.25) is 24.3 Å². The molecule has 0 unspecified atom stereocenters. The van der Waals surface area contributed by atoms with Gasteiger partial charge in [0.1, 0.15) is 11.8 Å². The van der Waals surface area contributed by atoms with E-state index in [1.807, 2.05) is 79.3 Å². The number of fused-ring (bicyclic) bond motifs is 2. The van der Waals surface area contributed by atoms with Gasteiger partial charge in [-0.2, -0.15) is 10.4 Å². The maximum absolute atomic E-state index is 13.1. The molecule has 0 radical (unpaired) electrons. The summed E-state index contributed by atoms with van der Waals surface area (Å²) in [6.07, 6.45) is 7.65. The van der Waals surface area contributed by atoms with Crippen LogP contribution in [0, 0.1) is 11.3 Å². The van der Waals surface area contributed by atoms with Gasteiger partial charge in [0.05, 0.1) is 58.7 Å². The second-order valence-electron chi connectivity index (χ2n) is 11.6. The molecule has 47 heavy (non-hydrogen) atoms. The lowest BCUT2D eigenvalue weighted by atomic mass is 10.0. The lowest BCUT2D eigenvalue weighted by molar-refractivity contribution is -0.111. The normalized spacial score (nSPS) is 14.1. The molecular weight excluding hydrogens is 590 g/mol. The number of anilines is 3. The standard InChI is InChI=1S/C36H39N9O2/c1-4-30-29(22-37)36(40-26-11-12-33-25(19-26)23-39-45(33)24-27-9-6-7-13-38-27)28-20-32(34(47-5-2)21-31(28)41-30)42-35(46)10-8-14-44-17-15-43(3)16-18-44/h6-13,19-21,23H,4-5,14-18,24H2,1-3H3,(H,40,41)(H,42,46)/b10-8+. The number of nitriles is 1. The molecule has 1 fully saturated rings. The predicted molar refractivity (Wildman–Crippen MR) is 185 cm³/mol. The highest BCUT2D eigenvalue weighted by atomic mass is 16.5. The van der Waals surface area contributed by atoms with E-state index in [0.29, 0.717) is 65.4 Å². The van der Waals surface area contributed by atoms with Crippen molar-refractivity contribution in [3.8, 4) is 11.8 Å². The highest BCUT2D eigenvalue weighted by Crippen LogP contribution is 2.38. The Morgan fingerprint density at radius 3 is 2.70 bits per heavy atom. The van der Waals surface area contributed by atoms with Crippen molar-refractivity contribution in [2.45, 2.75) is 26.8 Å². The number of amides is 1. The van der Waals surface area contributed by atoms with Crippen molar-refractivity contribution in [1.29, 1.82) is 5.26 Å². The van der Waals surface area contributed by atoms with E-state index in [-0.39, 0.29) is 5.91 Å². The zero-order valence-electron chi connectivity index (χ0n) is 27.0. The smallest absolute Gasteiger partial charge is 0.248 e. The highest BCUT2D eigenvalue weighted by molar-refractivity contribution is 6.05. The molecule has 1 amide bonds. The number of piperazine rings is 1. The molecule has 1 aliphatic rings. The number of aromatic nitrogens is 4. The van der Waals surface area contributed by atoms with E-state index in [1.54, 1.807) is 12.3 Å². The lowest BCUT2D eigenvalue weighted by Crippen LogP contribution is -2.44. The summed E-state index contributed by atoms with van der Waals surface area (Å²) in [5, 5.41) is 23.1. The van der Waals surface area contributed by atoms with E-state index in [4.69, 9.17) is 9.72 Å². The van der Waals surface area contributed by atoms with Crippen LogP contribution in [0.3, 0.4) is 0 Å². The first-order valence-electron chi connectivity index (χ1n) is 16.0. The highest BCUT2D eigenvalue weighted by Gasteiger charge is 2.19. The van der Waals surface area contributed by atoms with E-state index in [2.05, 4.69) is 43.6 Å². The molecule has 11 heteroatoms. The van der Waals surface area contributed by atoms with E-state index < -0.39 is 0 Å². The Kier molecular flexibility index (Phi) is 9.71. The van der Waals surface area contributed by atoms with Gasteiger partial charge >= 0.3 is 0 Å². The Bertz CT molecular complexity index is 1960. The average molecular weight is 630 g/mol. The van der Waals surface area contributed by atoms with Crippen molar-refractivity contribution in [2.24, 2.45) is 0 Å². The van der Waals surface area contributed by atoms with Crippen LogP contribution in [0.4, 0.5) is 17.1 Å². The Morgan fingerprint density at radius 2 is 1.96 bits per heavy atom. The van der Waals surface area contributed by atoms with Crippen LogP contribution in [0.25, 0.3) is 21.8 Å². The van der Waals surface area contributed by atoms with Gasteiger partial charge < -0.3 is 20.3 Å². The summed E-state index contributed by atoms with van der Waals surface area (Å²) in [6, 6.07) is 17.9. The van der Waals surface area contributed by atoms with E-state index in [1.165, 1.54) is 0 Å². The number of pyridine rings is 2. The first kappa shape index (κ1) is 31.7. The van der Waals surface area contributed by atoms with Crippen molar-refractivity contribution in [3.05, 3.63) is 90.0 Å². The van der Waals surface area contributed by atoms with Gasteiger partial charge in [0.15, 0.2) is 0 Å². The number of likely N-dealkylation sites (N-methyl/N-ethyl adjacent to an activating group) is 1. The van der Waals surface area contributed by atoms with Gasteiger partial charge in [0, 0.05) is 67.5 Å². The Balaban J connectivity index is 1.31. The lowest BCUT2D eigenvalue weighted by Gasteiger charge is -2.31. The van der Waals surface area contributed by atoms with Crippen LogP contribution in [0.2, 0.25) is 0 Å². The fourth-order valence-electron chi connectivity index (χ4n) is 5.81. The monoisotopic (exact) mass is 629 g/mol. The van der Waals surface area contributed by atoms with Crippen LogP contribution in [-0.4, -0.2) is 81.8 Å². The molecule has 11 nitrogen and oxygen atoms in total. The molecule has 1 saturated heterocycles. The number of carbonyl (C=O) groups excluding carboxylic acids is 1. The Labute approximate surface area is 274 Å². The summed E-state index contributed by atoms with van der Waals surface area (Å²) in [5.74, 6) is 0.272. The van der Waals surface area contributed by atoms with Crippen molar-refractivity contribution >= 4 is 44.8 Å². The number of carbonyl (C=O) groups is 1. The largest absolute Gasteiger partial charge is 0.492 e. The minimum atomic E-state index is -0.249. The second-order valence-corrected chi connectivity index (χ2v) is 11.6. The molecule has 0 bridgehead atoms. The number of benzene rings is 2. The maximum atomic E-state index is 13.1. The van der Waals surface area contributed by atoms with Gasteiger partial charge in [-0.05, 0) is 56.8 Å². The van der Waals surface area contributed by atoms with Crippen LogP contribution >= 0.6 is 0 Å². The number of rotatable bonds is 11. The zero-order chi connectivity index (χ0) is 32.8. The van der Waals surface area contributed by atoms with Crippen LogP contribution in [-0.2, 0) is 17.8 Å². The minimum Gasteiger partial charge on any atom is -0.492 e. The number of ether oxygens (including phenoxy) is 1. The van der Waals surface area contributed by atoms with Crippen LogP contribution in [0.5, 0.6) is 5.75 Å². The summed E-state index contributed by atoms with van der Waals surface area (Å²) >= 11 is 0. The number of nitrogens with zero attached hydrogens (tertiary/aromatic N) is 7. The van der Waals surface area contributed by atoms with E-state index in [9.17, 15) is 10.1 Å². The topological polar surface area (TPSA) is 124 Å². The summed E-state index contributed by atoms with van der Waals surface area (Å²) in [4.78, 5) is 27.0. The Morgan fingerprint density at radius 1 is 1.11 bits per heavy atom. The molecule has 0 spiro atoms. The van der Waals surface area contributed by atoms with Crippen molar-refractivity contribution in [2.75, 3.05) is 57.0 Å². The fraction of sp³-hybridized carbons (Fsp3) is 0.306. The second kappa shape index (κ2) is 14.4. The van der Waals surface area contributed by atoms with Crippen molar-refractivity contribution in [1.82, 2.24) is 29.5 Å². The molecule has 0 atom stereocenters. The number of aryl methyl sites for hydroxylation is 1. The molecule has 1 aliphatic heterocycles. The first-order chi connectivity index (χ1) is 22.9. The summed E-state index contributed by atoms with van der Waals surface area (Å²) in [7, 11) is 2.12. The molecule has 2 N–H and O–H groups in total. The van der Waals surface area contributed by atoms with Gasteiger partial charge in [0.2, 0.25) is 5.91 Å². The maximum Gasteiger partial charge on any atom is 0.248 e. The van der Waals surface area contributed by atoms with Crippen LogP contribution in [0.15, 0.2) is 73.1 Å². The van der Waals surface area contributed by atoms with Gasteiger partial charge in [-0.25, -0.2) is 0 Å². The molecule has 5 aromatic rings. The number of nitrogens with one attached hydrogen (secondary N) is 2. The first-order valence-corrected chi connectivity index (χ1v) is 16.0. The molecular formula is C36H39N9O2. The quantitative estimate of drug-likeness (QED) is 0.186. The SMILES string of the molecule is CCOc1cc2nc(CC)c(C#N)c(Nc3ccc4c(cnn4Cc4ccccn4)c3)c2cc1NC(=O)/C=C/CN1CCN(C)CC1. The van der Waals surface area contributed by atoms with Gasteiger partial charge in [-0.1, -0.05) is 19.1 Å². The van der Waals surface area contributed by atoms with E-state index in [0.717, 1.165) is 48.5 Å². The number of hydrogen-bond acceptors (Lipinski definition) is 9. The minimum absolute atomic E-state index is 0.249.